The number of halogens is 2. The van der Waals surface area contributed by atoms with Gasteiger partial charge in [0.05, 0.1) is 17.5 Å². The van der Waals surface area contributed by atoms with Gasteiger partial charge < -0.3 is 5.32 Å². The molecule has 0 bridgehead atoms. The number of nitrogens with zero attached hydrogens (tertiary/aromatic N) is 1. The molecule has 5 nitrogen and oxygen atoms in total. The van der Waals surface area contributed by atoms with Gasteiger partial charge in [-0.25, -0.2) is 12.8 Å². The largest absolute Gasteiger partial charge is 0.348 e. The van der Waals surface area contributed by atoms with Gasteiger partial charge in [0.1, 0.15) is 5.82 Å². The molecule has 1 amide bonds. The standard InChI is InChI=1S/C17H18BrFN2O3S/c1-12(13-4-3-5-14(18)10-13)20-17(22)11-21(2)25(23,24)16-8-6-15(19)7-9-16/h3-10,12H,11H2,1-2H3,(H,20,22). The van der Waals surface area contributed by atoms with Crippen LogP contribution in [-0.2, 0) is 14.8 Å². The summed E-state index contributed by atoms with van der Waals surface area (Å²) < 4.78 is 39.6. The van der Waals surface area contributed by atoms with Crippen LogP contribution in [0.5, 0.6) is 0 Å². The van der Waals surface area contributed by atoms with Crippen LogP contribution in [0.2, 0.25) is 0 Å². The van der Waals surface area contributed by atoms with Crippen LogP contribution in [0.15, 0.2) is 57.9 Å². The van der Waals surface area contributed by atoms with Crippen molar-refractivity contribution in [2.24, 2.45) is 0 Å². The van der Waals surface area contributed by atoms with E-state index in [4.69, 9.17) is 0 Å². The fourth-order valence-corrected chi connectivity index (χ4v) is 3.76. The Labute approximate surface area is 155 Å². The van der Waals surface area contributed by atoms with Gasteiger partial charge in [-0.1, -0.05) is 28.1 Å². The summed E-state index contributed by atoms with van der Waals surface area (Å²) in [6.07, 6.45) is 0. The molecule has 0 aliphatic carbocycles. The van der Waals surface area contributed by atoms with Crippen LogP contribution < -0.4 is 5.32 Å². The topological polar surface area (TPSA) is 66.5 Å². The number of carbonyl (C=O) groups excluding carboxylic acids is 1. The van der Waals surface area contributed by atoms with Crippen LogP contribution in [0.25, 0.3) is 0 Å². The van der Waals surface area contributed by atoms with Crippen molar-refractivity contribution in [2.45, 2.75) is 17.9 Å². The van der Waals surface area contributed by atoms with Crippen LogP contribution in [0.3, 0.4) is 0 Å². The molecule has 25 heavy (non-hydrogen) atoms. The highest BCUT2D eigenvalue weighted by Gasteiger charge is 2.23. The van der Waals surface area contributed by atoms with E-state index in [1.54, 1.807) is 0 Å². The molecule has 2 aromatic carbocycles. The maximum Gasteiger partial charge on any atom is 0.243 e. The molecule has 0 aliphatic rings. The quantitative estimate of drug-likeness (QED) is 0.768. The van der Waals surface area contributed by atoms with E-state index >= 15 is 0 Å². The Hall–Kier alpha value is -1.77. The summed E-state index contributed by atoms with van der Waals surface area (Å²) in [6, 6.07) is 11.7. The first-order chi connectivity index (χ1) is 11.7. The summed E-state index contributed by atoms with van der Waals surface area (Å²) >= 11 is 3.37. The van der Waals surface area contributed by atoms with Crippen molar-refractivity contribution in [3.63, 3.8) is 0 Å². The summed E-state index contributed by atoms with van der Waals surface area (Å²) in [5, 5.41) is 2.76. The first kappa shape index (κ1) is 19.6. The fraction of sp³-hybridized carbons (Fsp3) is 0.235. The van der Waals surface area contributed by atoms with Gasteiger partial charge in [-0.2, -0.15) is 4.31 Å². The lowest BCUT2D eigenvalue weighted by molar-refractivity contribution is -0.121. The minimum absolute atomic E-state index is 0.0655. The molecule has 2 aromatic rings. The SMILES string of the molecule is CC(NC(=O)CN(C)S(=O)(=O)c1ccc(F)cc1)c1cccc(Br)c1. The van der Waals surface area contributed by atoms with E-state index in [0.717, 1.165) is 26.5 Å². The van der Waals surface area contributed by atoms with Crippen molar-refractivity contribution in [3.8, 4) is 0 Å². The highest BCUT2D eigenvalue weighted by atomic mass is 79.9. The van der Waals surface area contributed by atoms with Crippen molar-refractivity contribution in [1.29, 1.82) is 0 Å². The zero-order chi connectivity index (χ0) is 18.6. The average Bonchev–Trinajstić information content (AvgIpc) is 2.55. The van der Waals surface area contributed by atoms with Gasteiger partial charge in [0.2, 0.25) is 15.9 Å². The second-order valence-electron chi connectivity index (χ2n) is 5.56. The Morgan fingerprint density at radius 1 is 1.24 bits per heavy atom. The Morgan fingerprint density at radius 3 is 2.48 bits per heavy atom. The van der Waals surface area contributed by atoms with Gasteiger partial charge in [-0.05, 0) is 48.9 Å². The third-order valence-electron chi connectivity index (χ3n) is 3.61. The first-order valence-corrected chi connectivity index (χ1v) is 9.70. The molecule has 0 saturated heterocycles. The zero-order valence-corrected chi connectivity index (χ0v) is 16.1. The summed E-state index contributed by atoms with van der Waals surface area (Å²) in [6.45, 7) is 1.48. The molecular weight excluding hydrogens is 411 g/mol. The van der Waals surface area contributed by atoms with Gasteiger partial charge in [-0.3, -0.25) is 4.79 Å². The number of hydrogen-bond donors (Lipinski definition) is 1. The average molecular weight is 429 g/mol. The van der Waals surface area contributed by atoms with Crippen molar-refractivity contribution in [2.75, 3.05) is 13.6 Å². The van der Waals surface area contributed by atoms with E-state index in [9.17, 15) is 17.6 Å². The minimum Gasteiger partial charge on any atom is -0.348 e. The zero-order valence-electron chi connectivity index (χ0n) is 13.7. The number of rotatable bonds is 6. The van der Waals surface area contributed by atoms with Crippen molar-refractivity contribution in [1.82, 2.24) is 9.62 Å². The highest BCUT2D eigenvalue weighted by molar-refractivity contribution is 9.10. The lowest BCUT2D eigenvalue weighted by Crippen LogP contribution is -2.39. The van der Waals surface area contributed by atoms with E-state index in [2.05, 4.69) is 21.2 Å². The van der Waals surface area contributed by atoms with Crippen LogP contribution >= 0.6 is 15.9 Å². The molecule has 1 unspecified atom stereocenters. The van der Waals surface area contributed by atoms with Crippen LogP contribution in [-0.4, -0.2) is 32.2 Å². The van der Waals surface area contributed by atoms with Crippen molar-refractivity contribution >= 4 is 31.9 Å². The number of benzene rings is 2. The van der Waals surface area contributed by atoms with Gasteiger partial charge in [0, 0.05) is 11.5 Å². The molecule has 2 rings (SSSR count). The summed E-state index contributed by atoms with van der Waals surface area (Å²) in [5.41, 5.74) is 0.895. The van der Waals surface area contributed by atoms with Gasteiger partial charge >= 0.3 is 0 Å². The van der Waals surface area contributed by atoms with Crippen molar-refractivity contribution < 1.29 is 17.6 Å². The lowest BCUT2D eigenvalue weighted by atomic mass is 10.1. The molecule has 0 aliphatic heterocycles. The first-order valence-electron chi connectivity index (χ1n) is 7.47. The molecule has 134 valence electrons. The molecule has 8 heteroatoms. The summed E-state index contributed by atoms with van der Waals surface area (Å²) in [4.78, 5) is 12.1. The van der Waals surface area contributed by atoms with E-state index < -0.39 is 21.7 Å². The smallest absolute Gasteiger partial charge is 0.243 e. The third-order valence-corrected chi connectivity index (χ3v) is 5.93. The Morgan fingerprint density at radius 2 is 1.88 bits per heavy atom. The predicted octanol–water partition coefficient (Wildman–Crippen LogP) is 3.09. The minimum atomic E-state index is -3.86. The highest BCUT2D eigenvalue weighted by Crippen LogP contribution is 2.18. The Balaban J connectivity index is 2.03. The Kier molecular flexibility index (Phi) is 6.31. The molecule has 0 saturated carbocycles. The molecule has 0 heterocycles. The normalized spacial score (nSPS) is 12.8. The number of amides is 1. The summed E-state index contributed by atoms with van der Waals surface area (Å²) in [7, 11) is -2.55. The van der Waals surface area contributed by atoms with Crippen LogP contribution in [0.1, 0.15) is 18.5 Å². The Bertz CT molecular complexity index is 856. The monoisotopic (exact) mass is 428 g/mol. The summed E-state index contributed by atoms with van der Waals surface area (Å²) in [5.74, 6) is -0.956. The number of hydrogen-bond acceptors (Lipinski definition) is 3. The molecule has 0 fully saturated rings. The molecule has 0 radical (unpaired) electrons. The number of likely N-dealkylation sites (N-methyl/N-ethyl adjacent to an activating group) is 1. The van der Waals surface area contributed by atoms with Gasteiger partial charge in [0.15, 0.2) is 0 Å². The van der Waals surface area contributed by atoms with Crippen LogP contribution in [0, 0.1) is 5.82 Å². The lowest BCUT2D eigenvalue weighted by Gasteiger charge is -2.19. The van der Waals surface area contributed by atoms with Crippen LogP contribution in [0.4, 0.5) is 4.39 Å². The van der Waals surface area contributed by atoms with Gasteiger partial charge in [0.25, 0.3) is 0 Å². The van der Waals surface area contributed by atoms with E-state index in [-0.39, 0.29) is 17.5 Å². The number of carbonyl (C=O) groups is 1. The van der Waals surface area contributed by atoms with E-state index in [1.165, 1.54) is 19.2 Å². The second kappa shape index (κ2) is 8.07. The maximum atomic E-state index is 12.9. The molecule has 0 spiro atoms. The molecule has 1 N–H and O–H groups in total. The number of sulfonamides is 1. The van der Waals surface area contributed by atoms with E-state index in [1.807, 2.05) is 31.2 Å². The maximum absolute atomic E-state index is 12.9. The fourth-order valence-electron chi connectivity index (χ4n) is 2.22. The predicted molar refractivity (Wildman–Crippen MR) is 96.9 cm³/mol. The molecule has 1 atom stereocenters. The third kappa shape index (κ3) is 5.10. The van der Waals surface area contributed by atoms with E-state index in [0.29, 0.717) is 0 Å². The molecular formula is C17H18BrFN2O3S. The molecule has 0 aromatic heterocycles. The van der Waals surface area contributed by atoms with Crippen molar-refractivity contribution in [3.05, 3.63) is 64.4 Å². The number of nitrogens with one attached hydrogen (secondary N) is 1. The second-order valence-corrected chi connectivity index (χ2v) is 8.52. The van der Waals surface area contributed by atoms with Gasteiger partial charge in [-0.15, -0.1) is 0 Å².